The highest BCUT2D eigenvalue weighted by Gasteiger charge is 2.26. The van der Waals surface area contributed by atoms with Gasteiger partial charge in [0.1, 0.15) is 5.75 Å². The highest BCUT2D eigenvalue weighted by molar-refractivity contribution is 6.44. The first-order chi connectivity index (χ1) is 12.0. The standard InChI is InChI=1S/C20H24N2O3/c1-5-15-11-13-16(14-12-15)21(3)19(23)20(24)22(4)17-9-7-8-10-18(17)25-6-2/h7-14H,5-6H2,1-4H3. The van der Waals surface area contributed by atoms with E-state index in [1.807, 2.05) is 37.3 Å². The minimum atomic E-state index is -0.616. The number of nitrogens with zero attached hydrogens (tertiary/aromatic N) is 2. The molecule has 0 radical (unpaired) electrons. The van der Waals surface area contributed by atoms with Gasteiger partial charge in [-0.2, -0.15) is 0 Å². The van der Waals surface area contributed by atoms with Crippen LogP contribution in [0.4, 0.5) is 11.4 Å². The zero-order chi connectivity index (χ0) is 18.4. The normalized spacial score (nSPS) is 10.2. The second kappa shape index (κ2) is 8.33. The first-order valence-corrected chi connectivity index (χ1v) is 8.36. The molecule has 5 heteroatoms. The van der Waals surface area contributed by atoms with E-state index in [-0.39, 0.29) is 0 Å². The molecule has 2 amide bonds. The van der Waals surface area contributed by atoms with E-state index >= 15 is 0 Å². The van der Waals surface area contributed by atoms with Gasteiger partial charge in [0.25, 0.3) is 0 Å². The second-order valence-electron chi connectivity index (χ2n) is 5.65. The Morgan fingerprint density at radius 2 is 1.48 bits per heavy atom. The van der Waals surface area contributed by atoms with Crippen LogP contribution in [0.15, 0.2) is 48.5 Å². The fraction of sp³-hybridized carbons (Fsp3) is 0.300. The monoisotopic (exact) mass is 340 g/mol. The number of ether oxygens (including phenoxy) is 1. The van der Waals surface area contributed by atoms with Crippen LogP contribution in [-0.4, -0.2) is 32.5 Å². The zero-order valence-electron chi connectivity index (χ0n) is 15.2. The maximum atomic E-state index is 12.6. The molecule has 0 unspecified atom stereocenters. The van der Waals surface area contributed by atoms with E-state index in [0.29, 0.717) is 23.7 Å². The largest absolute Gasteiger partial charge is 0.492 e. The molecule has 2 aromatic rings. The summed E-state index contributed by atoms with van der Waals surface area (Å²) in [5.74, 6) is -0.643. The van der Waals surface area contributed by atoms with Crippen molar-refractivity contribution in [1.82, 2.24) is 0 Å². The Morgan fingerprint density at radius 3 is 2.08 bits per heavy atom. The average Bonchev–Trinajstić information content (AvgIpc) is 2.66. The molecule has 0 aromatic heterocycles. The SMILES string of the molecule is CCOc1ccccc1N(C)C(=O)C(=O)N(C)c1ccc(CC)cc1. The summed E-state index contributed by atoms with van der Waals surface area (Å²) in [6, 6.07) is 14.8. The average molecular weight is 340 g/mol. The van der Waals surface area contributed by atoms with E-state index in [1.165, 1.54) is 15.4 Å². The minimum absolute atomic E-state index is 0.483. The van der Waals surface area contributed by atoms with Gasteiger partial charge in [-0.05, 0) is 43.2 Å². The van der Waals surface area contributed by atoms with E-state index in [1.54, 1.807) is 32.3 Å². The molecule has 0 saturated heterocycles. The van der Waals surface area contributed by atoms with Crippen molar-refractivity contribution in [3.63, 3.8) is 0 Å². The number of likely N-dealkylation sites (N-methyl/N-ethyl adjacent to an activating group) is 2. The number of hydrogen-bond donors (Lipinski definition) is 0. The number of anilines is 2. The topological polar surface area (TPSA) is 49.9 Å². The molecule has 0 spiro atoms. The predicted octanol–water partition coefficient (Wildman–Crippen LogP) is 3.27. The van der Waals surface area contributed by atoms with Crippen LogP contribution in [0.1, 0.15) is 19.4 Å². The van der Waals surface area contributed by atoms with Crippen molar-refractivity contribution in [3.8, 4) is 5.75 Å². The van der Waals surface area contributed by atoms with Crippen LogP contribution >= 0.6 is 0 Å². The summed E-state index contributed by atoms with van der Waals surface area (Å²) in [5, 5.41) is 0. The molecule has 0 heterocycles. The fourth-order valence-electron chi connectivity index (χ4n) is 2.48. The number of aryl methyl sites for hydroxylation is 1. The number of carbonyl (C=O) groups excluding carboxylic acids is 2. The summed E-state index contributed by atoms with van der Waals surface area (Å²) in [6.45, 7) is 4.42. The number of para-hydroxylation sites is 2. The second-order valence-corrected chi connectivity index (χ2v) is 5.65. The molecular weight excluding hydrogens is 316 g/mol. The third-order valence-electron chi connectivity index (χ3n) is 4.05. The van der Waals surface area contributed by atoms with Crippen LogP contribution < -0.4 is 14.5 Å². The molecule has 132 valence electrons. The molecule has 2 aromatic carbocycles. The molecule has 0 aliphatic heterocycles. The molecule has 0 aliphatic rings. The van der Waals surface area contributed by atoms with Crippen molar-refractivity contribution >= 4 is 23.2 Å². The highest BCUT2D eigenvalue weighted by Crippen LogP contribution is 2.27. The summed E-state index contributed by atoms with van der Waals surface area (Å²) in [7, 11) is 3.18. The Balaban J connectivity index is 2.19. The van der Waals surface area contributed by atoms with Gasteiger partial charge in [-0.3, -0.25) is 9.59 Å². The van der Waals surface area contributed by atoms with E-state index in [0.717, 1.165) is 6.42 Å². The van der Waals surface area contributed by atoms with Crippen LogP contribution in [0, 0.1) is 0 Å². The smallest absolute Gasteiger partial charge is 0.316 e. The van der Waals surface area contributed by atoms with Crippen molar-refractivity contribution in [3.05, 3.63) is 54.1 Å². The Bertz CT molecular complexity index is 741. The van der Waals surface area contributed by atoms with Crippen LogP contribution in [0.5, 0.6) is 5.75 Å². The Kier molecular flexibility index (Phi) is 6.17. The lowest BCUT2D eigenvalue weighted by Crippen LogP contribution is -2.42. The third kappa shape index (κ3) is 4.18. The summed E-state index contributed by atoms with van der Waals surface area (Å²) < 4.78 is 5.54. The number of amides is 2. The van der Waals surface area contributed by atoms with Crippen molar-refractivity contribution in [2.24, 2.45) is 0 Å². The van der Waals surface area contributed by atoms with Gasteiger partial charge in [0.15, 0.2) is 0 Å². The van der Waals surface area contributed by atoms with Gasteiger partial charge in [0.2, 0.25) is 0 Å². The number of carbonyl (C=O) groups is 2. The van der Waals surface area contributed by atoms with E-state index in [9.17, 15) is 9.59 Å². The lowest BCUT2D eigenvalue weighted by Gasteiger charge is -2.23. The Labute approximate surface area is 148 Å². The van der Waals surface area contributed by atoms with Gasteiger partial charge >= 0.3 is 11.8 Å². The summed E-state index contributed by atoms with van der Waals surface area (Å²) >= 11 is 0. The zero-order valence-corrected chi connectivity index (χ0v) is 15.2. The molecule has 25 heavy (non-hydrogen) atoms. The van der Waals surface area contributed by atoms with Gasteiger partial charge < -0.3 is 14.5 Å². The van der Waals surface area contributed by atoms with Crippen molar-refractivity contribution < 1.29 is 14.3 Å². The molecule has 0 atom stereocenters. The quantitative estimate of drug-likeness (QED) is 0.785. The van der Waals surface area contributed by atoms with Crippen molar-refractivity contribution in [1.29, 1.82) is 0 Å². The van der Waals surface area contributed by atoms with E-state index in [4.69, 9.17) is 4.74 Å². The van der Waals surface area contributed by atoms with Gasteiger partial charge in [-0.1, -0.05) is 31.2 Å². The molecule has 0 aliphatic carbocycles. The van der Waals surface area contributed by atoms with Crippen LogP contribution in [0.2, 0.25) is 0 Å². The van der Waals surface area contributed by atoms with Crippen molar-refractivity contribution in [2.45, 2.75) is 20.3 Å². The van der Waals surface area contributed by atoms with Gasteiger partial charge in [-0.25, -0.2) is 0 Å². The molecule has 0 N–H and O–H groups in total. The molecule has 2 rings (SSSR count). The molecule has 0 fully saturated rings. The van der Waals surface area contributed by atoms with Crippen LogP contribution in [-0.2, 0) is 16.0 Å². The first kappa shape index (κ1) is 18.5. The molecule has 0 saturated carbocycles. The number of hydrogen-bond acceptors (Lipinski definition) is 3. The summed E-state index contributed by atoms with van der Waals surface area (Å²) in [6.07, 6.45) is 0.924. The van der Waals surface area contributed by atoms with Gasteiger partial charge in [0, 0.05) is 19.8 Å². The maximum absolute atomic E-state index is 12.6. The maximum Gasteiger partial charge on any atom is 0.316 e. The van der Waals surface area contributed by atoms with Crippen molar-refractivity contribution in [2.75, 3.05) is 30.5 Å². The summed E-state index contributed by atoms with van der Waals surface area (Å²) in [5.41, 5.74) is 2.43. The molecular formula is C20H24N2O3. The van der Waals surface area contributed by atoms with E-state index in [2.05, 4.69) is 6.92 Å². The Morgan fingerprint density at radius 1 is 0.880 bits per heavy atom. The lowest BCUT2D eigenvalue weighted by molar-refractivity contribution is -0.135. The lowest BCUT2D eigenvalue weighted by atomic mass is 10.1. The fourth-order valence-corrected chi connectivity index (χ4v) is 2.48. The molecule has 0 bridgehead atoms. The number of benzene rings is 2. The van der Waals surface area contributed by atoms with Crippen LogP contribution in [0.3, 0.4) is 0 Å². The summed E-state index contributed by atoms with van der Waals surface area (Å²) in [4.78, 5) is 27.9. The number of rotatable bonds is 5. The van der Waals surface area contributed by atoms with Gasteiger partial charge in [-0.15, -0.1) is 0 Å². The van der Waals surface area contributed by atoms with Crippen LogP contribution in [0.25, 0.3) is 0 Å². The van der Waals surface area contributed by atoms with Gasteiger partial charge in [0.05, 0.1) is 12.3 Å². The first-order valence-electron chi connectivity index (χ1n) is 8.36. The van der Waals surface area contributed by atoms with E-state index < -0.39 is 11.8 Å². The third-order valence-corrected chi connectivity index (χ3v) is 4.05. The highest BCUT2D eigenvalue weighted by atomic mass is 16.5. The predicted molar refractivity (Wildman–Crippen MR) is 100 cm³/mol. The molecule has 5 nitrogen and oxygen atoms in total. The minimum Gasteiger partial charge on any atom is -0.492 e. The Hall–Kier alpha value is -2.82.